The van der Waals surface area contributed by atoms with Crippen molar-refractivity contribution in [2.45, 2.75) is 38.0 Å². The van der Waals surface area contributed by atoms with Crippen molar-refractivity contribution in [1.29, 1.82) is 0 Å². The number of methoxy groups -OCH3 is 2. The number of hydrogen-bond donors (Lipinski definition) is 0. The quantitative estimate of drug-likeness (QED) is 0.344. The molecule has 3 aromatic rings. The molecule has 1 aliphatic carbocycles. The number of carbonyl (C=O) groups excluding carboxylic acids is 1. The molecule has 8 heteroatoms. The van der Waals surface area contributed by atoms with Gasteiger partial charge in [-0.3, -0.25) is 4.79 Å². The fourth-order valence-corrected chi connectivity index (χ4v) is 3.80. The summed E-state index contributed by atoms with van der Waals surface area (Å²) < 4.78 is 47.0. The number of aryl methyl sites for hydroxylation is 1. The smallest absolute Gasteiger partial charge is 0.272 e. The summed E-state index contributed by atoms with van der Waals surface area (Å²) in [6.45, 7) is -0.760. The van der Waals surface area contributed by atoms with Crippen molar-refractivity contribution < 1.29 is 32.2 Å². The zero-order chi connectivity index (χ0) is 23.4. The van der Waals surface area contributed by atoms with E-state index in [1.165, 1.54) is 12.3 Å². The number of ketones is 1. The van der Waals surface area contributed by atoms with Gasteiger partial charge in [-0.25, -0.2) is 13.8 Å². The molecule has 4 rings (SSSR count). The molecule has 1 aromatic heterocycles. The summed E-state index contributed by atoms with van der Waals surface area (Å²) in [7, 11) is 3.25. The summed E-state index contributed by atoms with van der Waals surface area (Å²) in [5.74, 6) is 2.20. The lowest BCUT2D eigenvalue weighted by atomic mass is 10.0. The average Bonchev–Trinajstić information content (AvgIpc) is 3.57. The number of ether oxygens (including phenoxy) is 3. The van der Waals surface area contributed by atoms with E-state index in [1.54, 1.807) is 32.4 Å². The highest BCUT2D eigenvalue weighted by Crippen LogP contribution is 2.51. The summed E-state index contributed by atoms with van der Waals surface area (Å²) in [6.07, 6.45) is 1.53. The van der Waals surface area contributed by atoms with E-state index in [1.807, 2.05) is 12.1 Å². The number of alkyl halides is 2. The van der Waals surface area contributed by atoms with Crippen molar-refractivity contribution in [3.05, 3.63) is 59.5 Å². The summed E-state index contributed by atoms with van der Waals surface area (Å²) in [4.78, 5) is 17.2. The molecular formula is C25H25F2NO5. The molecule has 1 fully saturated rings. The molecule has 0 N–H and O–H groups in total. The number of nitrogens with zero attached hydrogens (tertiary/aromatic N) is 1. The van der Waals surface area contributed by atoms with Crippen molar-refractivity contribution >= 4 is 5.78 Å². The monoisotopic (exact) mass is 457 g/mol. The summed E-state index contributed by atoms with van der Waals surface area (Å²) >= 11 is 0. The highest BCUT2D eigenvalue weighted by molar-refractivity contribution is 5.98. The highest BCUT2D eigenvalue weighted by atomic mass is 19.3. The Morgan fingerprint density at radius 1 is 1.12 bits per heavy atom. The van der Waals surface area contributed by atoms with Gasteiger partial charge in [0.1, 0.15) is 30.1 Å². The molecule has 0 radical (unpaired) electrons. The van der Waals surface area contributed by atoms with E-state index in [4.69, 9.17) is 18.6 Å². The topological polar surface area (TPSA) is 70.8 Å². The molecule has 33 heavy (non-hydrogen) atoms. The molecule has 0 unspecified atom stereocenters. The maximum Gasteiger partial charge on any atom is 0.272 e. The SMILES string of the molecule is COc1ccc(-c2nc(CCC(=O)c3ccccc3OCC(F)F)co2)c(OC)c1C1CC1. The molecule has 174 valence electrons. The molecule has 1 saturated carbocycles. The van der Waals surface area contributed by atoms with Crippen LogP contribution in [0.2, 0.25) is 0 Å². The number of halogens is 2. The van der Waals surface area contributed by atoms with Crippen LogP contribution in [0.5, 0.6) is 17.2 Å². The predicted octanol–water partition coefficient (Wildman–Crippen LogP) is 5.70. The lowest BCUT2D eigenvalue weighted by Crippen LogP contribution is -2.10. The molecule has 0 atom stereocenters. The Bertz CT molecular complexity index is 1120. The average molecular weight is 457 g/mol. The van der Waals surface area contributed by atoms with Crippen LogP contribution in [0.4, 0.5) is 8.78 Å². The minimum atomic E-state index is -2.61. The minimum absolute atomic E-state index is 0.133. The van der Waals surface area contributed by atoms with E-state index in [0.717, 1.165) is 29.7 Å². The Hall–Kier alpha value is -3.42. The van der Waals surface area contributed by atoms with E-state index >= 15 is 0 Å². The van der Waals surface area contributed by atoms with Gasteiger partial charge in [0.25, 0.3) is 6.43 Å². The van der Waals surface area contributed by atoms with Crippen LogP contribution < -0.4 is 14.2 Å². The highest BCUT2D eigenvalue weighted by Gasteiger charge is 2.32. The standard InChI is InChI=1S/C25H25F2NO5/c1-30-21-12-10-18(24(31-2)23(21)15-7-8-15)25-28-16(13-33-25)9-11-19(29)17-5-3-4-6-20(17)32-14-22(26)27/h3-6,10,12-13,15,22H,7-9,11,14H2,1-2H3. The molecule has 1 heterocycles. The Morgan fingerprint density at radius 3 is 2.61 bits per heavy atom. The van der Waals surface area contributed by atoms with Crippen LogP contribution in [0.25, 0.3) is 11.5 Å². The normalized spacial score (nSPS) is 13.2. The zero-order valence-electron chi connectivity index (χ0n) is 18.5. The summed E-state index contributed by atoms with van der Waals surface area (Å²) in [5, 5.41) is 0. The lowest BCUT2D eigenvalue weighted by Gasteiger charge is -2.15. The van der Waals surface area contributed by atoms with E-state index < -0.39 is 13.0 Å². The van der Waals surface area contributed by atoms with Crippen LogP contribution in [0.3, 0.4) is 0 Å². The number of para-hydroxylation sites is 1. The molecule has 0 spiro atoms. The predicted molar refractivity (Wildman–Crippen MR) is 118 cm³/mol. The Labute approximate surface area is 190 Å². The Morgan fingerprint density at radius 2 is 1.91 bits per heavy atom. The molecule has 0 saturated heterocycles. The van der Waals surface area contributed by atoms with Crippen LogP contribution in [-0.4, -0.2) is 38.0 Å². The fraction of sp³-hybridized carbons (Fsp3) is 0.360. The van der Waals surface area contributed by atoms with Crippen molar-refractivity contribution in [3.8, 4) is 28.7 Å². The van der Waals surface area contributed by atoms with Gasteiger partial charge in [0.05, 0.1) is 31.0 Å². The number of rotatable bonds is 11. The van der Waals surface area contributed by atoms with Gasteiger partial charge in [0, 0.05) is 18.4 Å². The second-order valence-corrected chi connectivity index (χ2v) is 7.80. The molecule has 0 aliphatic heterocycles. The maximum absolute atomic E-state index is 12.7. The van der Waals surface area contributed by atoms with E-state index in [-0.39, 0.29) is 23.5 Å². The van der Waals surface area contributed by atoms with Crippen molar-refractivity contribution in [2.24, 2.45) is 0 Å². The minimum Gasteiger partial charge on any atom is -0.496 e. The van der Waals surface area contributed by atoms with Crippen LogP contribution in [0.15, 0.2) is 47.1 Å². The van der Waals surface area contributed by atoms with Crippen LogP contribution >= 0.6 is 0 Å². The van der Waals surface area contributed by atoms with Gasteiger partial charge in [-0.05, 0) is 43.0 Å². The Kier molecular flexibility index (Phi) is 6.91. The van der Waals surface area contributed by atoms with Gasteiger partial charge >= 0.3 is 0 Å². The summed E-state index contributed by atoms with van der Waals surface area (Å²) in [5.41, 5.74) is 2.62. The van der Waals surface area contributed by atoms with Crippen LogP contribution in [0, 0.1) is 0 Å². The third-order valence-electron chi connectivity index (χ3n) is 5.51. The van der Waals surface area contributed by atoms with E-state index in [2.05, 4.69) is 4.98 Å². The zero-order valence-corrected chi connectivity index (χ0v) is 18.5. The number of aromatic nitrogens is 1. The van der Waals surface area contributed by atoms with Gasteiger partial charge in [0.2, 0.25) is 5.89 Å². The first-order valence-electron chi connectivity index (χ1n) is 10.7. The number of oxazole rings is 1. The second kappa shape index (κ2) is 10.0. The van der Waals surface area contributed by atoms with Crippen molar-refractivity contribution in [3.63, 3.8) is 0 Å². The second-order valence-electron chi connectivity index (χ2n) is 7.80. The van der Waals surface area contributed by atoms with Gasteiger partial charge in [-0.2, -0.15) is 0 Å². The third kappa shape index (κ3) is 5.16. The largest absolute Gasteiger partial charge is 0.496 e. The first-order valence-corrected chi connectivity index (χ1v) is 10.7. The fourth-order valence-electron chi connectivity index (χ4n) is 3.80. The summed E-state index contributed by atoms with van der Waals surface area (Å²) in [6, 6.07) is 10.1. The number of hydrogen-bond acceptors (Lipinski definition) is 6. The van der Waals surface area contributed by atoms with Crippen molar-refractivity contribution in [1.82, 2.24) is 4.98 Å². The first-order chi connectivity index (χ1) is 16.0. The third-order valence-corrected chi connectivity index (χ3v) is 5.51. The first kappa shape index (κ1) is 22.8. The van der Waals surface area contributed by atoms with Gasteiger partial charge in [-0.1, -0.05) is 12.1 Å². The lowest BCUT2D eigenvalue weighted by molar-refractivity contribution is 0.0799. The van der Waals surface area contributed by atoms with Crippen LogP contribution in [0.1, 0.15) is 46.8 Å². The maximum atomic E-state index is 12.7. The van der Waals surface area contributed by atoms with E-state index in [9.17, 15) is 13.6 Å². The molecule has 2 aromatic carbocycles. The molecule has 0 bridgehead atoms. The number of carbonyl (C=O) groups is 1. The molecule has 1 aliphatic rings. The van der Waals surface area contributed by atoms with Gasteiger partial charge < -0.3 is 18.6 Å². The molecule has 6 nitrogen and oxygen atoms in total. The van der Waals surface area contributed by atoms with Crippen LogP contribution in [-0.2, 0) is 6.42 Å². The number of Topliss-reactive ketones (excluding diaryl/α,β-unsaturated/α-hetero) is 1. The Balaban J connectivity index is 1.49. The van der Waals surface area contributed by atoms with Crippen molar-refractivity contribution in [2.75, 3.05) is 20.8 Å². The molecular weight excluding hydrogens is 432 g/mol. The molecule has 0 amide bonds. The number of benzene rings is 2. The van der Waals surface area contributed by atoms with E-state index in [0.29, 0.717) is 29.7 Å². The van der Waals surface area contributed by atoms with Gasteiger partial charge in [-0.15, -0.1) is 0 Å². The van der Waals surface area contributed by atoms with Gasteiger partial charge in [0.15, 0.2) is 5.78 Å².